The number of benzene rings is 2. The van der Waals surface area contributed by atoms with Gasteiger partial charge in [0.2, 0.25) is 5.91 Å². The maximum absolute atomic E-state index is 12.4. The maximum Gasteiger partial charge on any atom is 0.238 e. The molecule has 0 atom stereocenters. The van der Waals surface area contributed by atoms with E-state index >= 15 is 0 Å². The van der Waals surface area contributed by atoms with Gasteiger partial charge in [-0.1, -0.05) is 6.07 Å². The number of ether oxygens (including phenoxy) is 3. The quantitative estimate of drug-likeness (QED) is 0.790. The van der Waals surface area contributed by atoms with E-state index in [2.05, 4.69) is 21.2 Å². The Morgan fingerprint density at radius 2 is 1.68 bits per heavy atom. The van der Waals surface area contributed by atoms with Crippen LogP contribution < -0.4 is 24.4 Å². The number of hydrogen-bond acceptors (Lipinski definition) is 6. The minimum atomic E-state index is -0.0398. The zero-order chi connectivity index (χ0) is 19.9. The number of hydrogen-bond donors (Lipinski definition) is 1. The van der Waals surface area contributed by atoms with Gasteiger partial charge in [0, 0.05) is 49.7 Å². The van der Waals surface area contributed by atoms with Crippen molar-refractivity contribution in [2.45, 2.75) is 0 Å². The van der Waals surface area contributed by atoms with Crippen LogP contribution in [0.2, 0.25) is 0 Å². The summed E-state index contributed by atoms with van der Waals surface area (Å²) in [7, 11) is 4.83. The number of methoxy groups -OCH3 is 3. The molecule has 3 rings (SSSR count). The summed E-state index contributed by atoms with van der Waals surface area (Å²) in [6, 6.07) is 13.4. The summed E-state index contributed by atoms with van der Waals surface area (Å²) in [5.74, 6) is 2.04. The number of rotatable bonds is 7. The smallest absolute Gasteiger partial charge is 0.238 e. The summed E-state index contributed by atoms with van der Waals surface area (Å²) in [5, 5.41) is 2.93. The number of nitrogens with one attached hydrogen (secondary N) is 1. The first-order chi connectivity index (χ1) is 13.6. The van der Waals surface area contributed by atoms with E-state index in [1.54, 1.807) is 39.5 Å². The number of carbonyl (C=O) groups excluding carboxylic acids is 1. The zero-order valence-electron chi connectivity index (χ0n) is 16.6. The molecule has 1 aliphatic rings. The van der Waals surface area contributed by atoms with Crippen LogP contribution >= 0.6 is 0 Å². The van der Waals surface area contributed by atoms with Crippen molar-refractivity contribution in [3.63, 3.8) is 0 Å². The second-order valence-corrected chi connectivity index (χ2v) is 6.58. The molecule has 0 unspecified atom stereocenters. The van der Waals surface area contributed by atoms with Gasteiger partial charge in [0.25, 0.3) is 0 Å². The lowest BCUT2D eigenvalue weighted by Crippen LogP contribution is -2.48. The molecule has 0 aliphatic carbocycles. The van der Waals surface area contributed by atoms with Crippen LogP contribution in [0.15, 0.2) is 42.5 Å². The Hall–Kier alpha value is -2.93. The molecule has 2 aromatic carbocycles. The molecule has 2 aromatic rings. The fourth-order valence-corrected chi connectivity index (χ4v) is 3.29. The lowest BCUT2D eigenvalue weighted by Gasteiger charge is -2.35. The van der Waals surface area contributed by atoms with Gasteiger partial charge < -0.3 is 24.4 Å². The van der Waals surface area contributed by atoms with Crippen molar-refractivity contribution < 1.29 is 19.0 Å². The van der Waals surface area contributed by atoms with Gasteiger partial charge in [-0.3, -0.25) is 9.69 Å². The van der Waals surface area contributed by atoms with Crippen LogP contribution in [0, 0.1) is 0 Å². The van der Waals surface area contributed by atoms with Crippen molar-refractivity contribution in [1.82, 2.24) is 4.90 Å². The third kappa shape index (κ3) is 4.86. The maximum atomic E-state index is 12.4. The lowest BCUT2D eigenvalue weighted by molar-refractivity contribution is -0.117. The summed E-state index contributed by atoms with van der Waals surface area (Å²) in [4.78, 5) is 16.9. The third-order valence-corrected chi connectivity index (χ3v) is 4.83. The molecule has 0 aromatic heterocycles. The van der Waals surface area contributed by atoms with Gasteiger partial charge in [-0.15, -0.1) is 0 Å². The molecule has 7 nitrogen and oxygen atoms in total. The molecule has 1 fully saturated rings. The molecular formula is C21H27N3O4. The van der Waals surface area contributed by atoms with Crippen molar-refractivity contribution in [2.24, 2.45) is 0 Å². The highest BCUT2D eigenvalue weighted by atomic mass is 16.5. The Morgan fingerprint density at radius 1 is 0.929 bits per heavy atom. The number of carbonyl (C=O) groups is 1. The molecule has 0 bridgehead atoms. The van der Waals surface area contributed by atoms with Crippen LogP contribution in [-0.4, -0.2) is 64.9 Å². The van der Waals surface area contributed by atoms with Gasteiger partial charge in [0.1, 0.15) is 5.75 Å². The molecule has 0 spiro atoms. The van der Waals surface area contributed by atoms with Gasteiger partial charge in [-0.05, 0) is 24.3 Å². The number of piperazine rings is 1. The van der Waals surface area contributed by atoms with Crippen molar-refractivity contribution in [3.05, 3.63) is 42.5 Å². The SMILES string of the molecule is COc1cccc(N2CCN(CC(=O)Nc3ccc(OC)c(OC)c3)CC2)c1. The fraction of sp³-hybridized carbons (Fsp3) is 0.381. The molecule has 1 aliphatic heterocycles. The molecule has 0 saturated carbocycles. The molecule has 1 heterocycles. The van der Waals surface area contributed by atoms with Crippen LogP contribution in [0.25, 0.3) is 0 Å². The summed E-state index contributed by atoms with van der Waals surface area (Å²) < 4.78 is 15.8. The summed E-state index contributed by atoms with van der Waals surface area (Å²) >= 11 is 0. The first-order valence-corrected chi connectivity index (χ1v) is 9.26. The fourth-order valence-electron chi connectivity index (χ4n) is 3.29. The van der Waals surface area contributed by atoms with Gasteiger partial charge in [-0.2, -0.15) is 0 Å². The van der Waals surface area contributed by atoms with Crippen LogP contribution in [0.1, 0.15) is 0 Å². The van der Waals surface area contributed by atoms with E-state index in [9.17, 15) is 4.79 Å². The predicted octanol–water partition coefficient (Wildman–Crippen LogP) is 2.47. The van der Waals surface area contributed by atoms with E-state index in [1.165, 1.54) is 0 Å². The monoisotopic (exact) mass is 385 g/mol. The number of anilines is 2. The second kappa shape index (κ2) is 9.32. The minimum absolute atomic E-state index is 0.0398. The van der Waals surface area contributed by atoms with Crippen LogP contribution in [0.4, 0.5) is 11.4 Å². The Balaban J connectivity index is 1.51. The molecular weight excluding hydrogens is 358 g/mol. The van der Waals surface area contributed by atoms with Crippen LogP contribution in [-0.2, 0) is 4.79 Å². The Bertz CT molecular complexity index is 804. The van der Waals surface area contributed by atoms with Crippen LogP contribution in [0.5, 0.6) is 17.2 Å². The highest BCUT2D eigenvalue weighted by Gasteiger charge is 2.19. The minimum Gasteiger partial charge on any atom is -0.497 e. The molecule has 1 amide bonds. The number of amides is 1. The van der Waals surface area contributed by atoms with Crippen molar-refractivity contribution in [2.75, 3.05) is 64.3 Å². The van der Waals surface area contributed by atoms with Gasteiger partial charge >= 0.3 is 0 Å². The first kappa shape index (κ1) is 19.8. The van der Waals surface area contributed by atoms with Crippen molar-refractivity contribution >= 4 is 17.3 Å². The Morgan fingerprint density at radius 3 is 2.36 bits per heavy atom. The summed E-state index contributed by atoms with van der Waals surface area (Å²) in [6.07, 6.45) is 0. The summed E-state index contributed by atoms with van der Waals surface area (Å²) in [6.45, 7) is 3.76. The first-order valence-electron chi connectivity index (χ1n) is 9.26. The molecule has 7 heteroatoms. The van der Waals surface area contributed by atoms with Gasteiger partial charge in [0.15, 0.2) is 11.5 Å². The molecule has 150 valence electrons. The summed E-state index contributed by atoms with van der Waals surface area (Å²) in [5.41, 5.74) is 1.84. The molecule has 1 saturated heterocycles. The molecule has 1 N–H and O–H groups in total. The van der Waals surface area contributed by atoms with E-state index in [0.717, 1.165) is 37.6 Å². The molecule has 28 heavy (non-hydrogen) atoms. The van der Waals surface area contributed by atoms with Crippen LogP contribution in [0.3, 0.4) is 0 Å². The van der Waals surface area contributed by atoms with Gasteiger partial charge in [0.05, 0.1) is 27.9 Å². The largest absolute Gasteiger partial charge is 0.497 e. The van der Waals surface area contributed by atoms with E-state index in [1.807, 2.05) is 18.2 Å². The second-order valence-electron chi connectivity index (χ2n) is 6.58. The lowest BCUT2D eigenvalue weighted by atomic mass is 10.2. The highest BCUT2D eigenvalue weighted by Crippen LogP contribution is 2.29. The normalized spacial score (nSPS) is 14.5. The van der Waals surface area contributed by atoms with Crippen molar-refractivity contribution in [1.29, 1.82) is 0 Å². The topological polar surface area (TPSA) is 63.3 Å². The average molecular weight is 385 g/mol. The van der Waals surface area contributed by atoms with E-state index in [0.29, 0.717) is 23.7 Å². The molecule has 0 radical (unpaired) electrons. The highest BCUT2D eigenvalue weighted by molar-refractivity contribution is 5.92. The predicted molar refractivity (Wildman–Crippen MR) is 110 cm³/mol. The third-order valence-electron chi connectivity index (χ3n) is 4.83. The van der Waals surface area contributed by atoms with Crippen molar-refractivity contribution in [3.8, 4) is 17.2 Å². The Kier molecular flexibility index (Phi) is 6.60. The zero-order valence-corrected chi connectivity index (χ0v) is 16.6. The van der Waals surface area contributed by atoms with Gasteiger partial charge in [-0.25, -0.2) is 0 Å². The number of nitrogens with zero attached hydrogens (tertiary/aromatic N) is 2. The average Bonchev–Trinajstić information content (AvgIpc) is 2.74. The standard InChI is InChI=1S/C21H27N3O4/c1-26-18-6-4-5-17(14-18)24-11-9-23(10-12-24)15-21(25)22-16-7-8-19(27-2)20(13-16)28-3/h4-8,13-14H,9-12,15H2,1-3H3,(H,22,25). The van der Waals surface area contributed by atoms with E-state index in [-0.39, 0.29) is 5.91 Å². The van der Waals surface area contributed by atoms with E-state index < -0.39 is 0 Å². The van der Waals surface area contributed by atoms with E-state index in [4.69, 9.17) is 14.2 Å². The Labute approximate surface area is 165 Å².